The van der Waals surface area contributed by atoms with E-state index in [0.29, 0.717) is 11.3 Å². The maximum Gasteiger partial charge on any atom is 0.213 e. The molecule has 0 aliphatic rings. The van der Waals surface area contributed by atoms with E-state index in [2.05, 4.69) is 10.1 Å². The van der Waals surface area contributed by atoms with Crippen LogP contribution in [0.4, 0.5) is 4.39 Å². The zero-order valence-corrected chi connectivity index (χ0v) is 14.1. The number of halogens is 1. The van der Waals surface area contributed by atoms with Crippen molar-refractivity contribution in [2.24, 2.45) is 5.16 Å². The van der Waals surface area contributed by atoms with Crippen molar-refractivity contribution in [2.45, 2.75) is 19.3 Å². The van der Waals surface area contributed by atoms with E-state index in [0.717, 1.165) is 16.7 Å². The van der Waals surface area contributed by atoms with Gasteiger partial charge in [-0.1, -0.05) is 65.8 Å². The van der Waals surface area contributed by atoms with Crippen LogP contribution < -0.4 is 0 Å². The van der Waals surface area contributed by atoms with Crippen molar-refractivity contribution in [3.8, 4) is 0 Å². The quantitative estimate of drug-likeness (QED) is 0.325. The van der Waals surface area contributed by atoms with Gasteiger partial charge in [0.15, 0.2) is 0 Å². The number of benzene rings is 2. The molecule has 0 fully saturated rings. The fourth-order valence-corrected chi connectivity index (χ4v) is 3.44. The van der Waals surface area contributed by atoms with Gasteiger partial charge >= 0.3 is 0 Å². The maximum absolute atomic E-state index is 14.1. The highest BCUT2D eigenvalue weighted by Crippen LogP contribution is 2.42. The van der Waals surface area contributed by atoms with E-state index in [-0.39, 0.29) is 0 Å². The minimum Gasteiger partial charge on any atom is -0.411 e. The van der Waals surface area contributed by atoms with E-state index in [4.69, 9.17) is 0 Å². The van der Waals surface area contributed by atoms with Crippen molar-refractivity contribution in [1.82, 2.24) is 4.98 Å². The van der Waals surface area contributed by atoms with Crippen LogP contribution in [-0.4, -0.2) is 15.9 Å². The standard InChI is InChI=1S/C21H19FN2O/c1-15-14-23-20(22)13-19(15)21(16(2)24-25,17-9-5-3-6-10-17)18-11-7-4-8-12-18/h3-14,25H,1-2H3. The molecule has 126 valence electrons. The molecule has 1 aromatic heterocycles. The first-order chi connectivity index (χ1) is 12.1. The molecule has 1 N–H and O–H groups in total. The minimum absolute atomic E-state index is 0.457. The van der Waals surface area contributed by atoms with Gasteiger partial charge in [0.05, 0.1) is 11.1 Å². The summed E-state index contributed by atoms with van der Waals surface area (Å²) in [6.45, 7) is 3.63. The number of nitrogens with zero attached hydrogens (tertiary/aromatic N) is 2. The van der Waals surface area contributed by atoms with Gasteiger partial charge in [-0.15, -0.1) is 0 Å². The first-order valence-corrected chi connectivity index (χ1v) is 8.03. The molecular weight excluding hydrogens is 315 g/mol. The highest BCUT2D eigenvalue weighted by molar-refractivity contribution is 6.00. The number of aryl methyl sites for hydroxylation is 1. The Balaban J connectivity index is 2.48. The molecule has 0 amide bonds. The van der Waals surface area contributed by atoms with Crippen LogP contribution in [0.1, 0.15) is 29.2 Å². The van der Waals surface area contributed by atoms with Crippen molar-refractivity contribution in [2.75, 3.05) is 0 Å². The molecule has 0 spiro atoms. The summed E-state index contributed by atoms with van der Waals surface area (Å²) in [6, 6.07) is 20.8. The van der Waals surface area contributed by atoms with E-state index in [1.165, 1.54) is 12.3 Å². The molecule has 3 nitrogen and oxygen atoms in total. The Morgan fingerprint density at radius 2 is 1.52 bits per heavy atom. The van der Waals surface area contributed by atoms with Crippen LogP contribution in [0.25, 0.3) is 0 Å². The smallest absolute Gasteiger partial charge is 0.213 e. The molecule has 0 unspecified atom stereocenters. The normalized spacial score (nSPS) is 12.2. The second-order valence-corrected chi connectivity index (χ2v) is 5.99. The molecule has 25 heavy (non-hydrogen) atoms. The Morgan fingerprint density at radius 3 is 2.00 bits per heavy atom. The van der Waals surface area contributed by atoms with Gasteiger partial charge in [-0.25, -0.2) is 4.98 Å². The molecule has 3 rings (SSSR count). The third-order valence-corrected chi connectivity index (χ3v) is 4.58. The molecular formula is C21H19FN2O. The molecule has 0 atom stereocenters. The van der Waals surface area contributed by atoms with Crippen LogP contribution in [0, 0.1) is 12.9 Å². The topological polar surface area (TPSA) is 45.5 Å². The first kappa shape index (κ1) is 16.8. The summed E-state index contributed by atoms with van der Waals surface area (Å²) >= 11 is 0. The lowest BCUT2D eigenvalue weighted by Gasteiger charge is -2.36. The Hall–Kier alpha value is -3.01. The van der Waals surface area contributed by atoms with Gasteiger partial charge in [0.25, 0.3) is 0 Å². The van der Waals surface area contributed by atoms with E-state index in [1.807, 2.05) is 67.6 Å². The lowest BCUT2D eigenvalue weighted by atomic mass is 9.65. The summed E-state index contributed by atoms with van der Waals surface area (Å²) < 4.78 is 14.1. The van der Waals surface area contributed by atoms with E-state index in [9.17, 15) is 9.60 Å². The fraction of sp³-hybridized carbons (Fsp3) is 0.143. The summed E-state index contributed by atoms with van der Waals surface area (Å²) in [5.41, 5.74) is 2.85. The maximum atomic E-state index is 14.1. The Labute approximate surface area is 146 Å². The largest absolute Gasteiger partial charge is 0.411 e. The number of aromatic nitrogens is 1. The molecule has 0 aliphatic heterocycles. The zero-order valence-electron chi connectivity index (χ0n) is 14.1. The molecule has 0 saturated heterocycles. The Kier molecular flexibility index (Phi) is 4.61. The van der Waals surface area contributed by atoms with Crippen molar-refractivity contribution >= 4 is 5.71 Å². The summed E-state index contributed by atoms with van der Waals surface area (Å²) in [5.74, 6) is -0.567. The van der Waals surface area contributed by atoms with Gasteiger partial charge in [-0.2, -0.15) is 4.39 Å². The average Bonchev–Trinajstić information content (AvgIpc) is 2.66. The molecule has 1 heterocycles. The van der Waals surface area contributed by atoms with Gasteiger partial charge in [-0.05, 0) is 42.2 Å². The minimum atomic E-state index is -0.912. The SMILES string of the molecule is CC(=NO)C(c1ccccc1)(c1ccccc1)c1cc(F)ncc1C. The van der Waals surface area contributed by atoms with Crippen molar-refractivity contribution < 1.29 is 9.60 Å². The zero-order chi connectivity index (χ0) is 17.9. The molecule has 0 saturated carbocycles. The van der Waals surface area contributed by atoms with E-state index >= 15 is 0 Å². The lowest BCUT2D eigenvalue weighted by Crippen LogP contribution is -2.38. The third-order valence-electron chi connectivity index (χ3n) is 4.58. The van der Waals surface area contributed by atoms with Crippen LogP contribution in [0.3, 0.4) is 0 Å². The van der Waals surface area contributed by atoms with Gasteiger partial charge < -0.3 is 5.21 Å². The van der Waals surface area contributed by atoms with Crippen LogP contribution in [0.2, 0.25) is 0 Å². The molecule has 3 aromatic rings. The second kappa shape index (κ2) is 6.85. The van der Waals surface area contributed by atoms with Gasteiger partial charge in [0.1, 0.15) is 0 Å². The van der Waals surface area contributed by atoms with Gasteiger partial charge in [0, 0.05) is 6.20 Å². The summed E-state index contributed by atoms with van der Waals surface area (Å²) in [4.78, 5) is 3.76. The summed E-state index contributed by atoms with van der Waals surface area (Å²) in [5, 5.41) is 13.2. The number of hydrogen-bond acceptors (Lipinski definition) is 3. The number of oxime groups is 1. The van der Waals surface area contributed by atoms with Crippen LogP contribution >= 0.6 is 0 Å². The number of hydrogen-bond donors (Lipinski definition) is 1. The van der Waals surface area contributed by atoms with Crippen molar-refractivity contribution in [3.63, 3.8) is 0 Å². The van der Waals surface area contributed by atoms with Crippen molar-refractivity contribution in [3.05, 3.63) is 101 Å². The van der Waals surface area contributed by atoms with Crippen LogP contribution in [0.5, 0.6) is 0 Å². The Morgan fingerprint density at radius 1 is 1.00 bits per heavy atom. The highest BCUT2D eigenvalue weighted by atomic mass is 19.1. The summed E-state index contributed by atoms with van der Waals surface area (Å²) in [7, 11) is 0. The predicted octanol–water partition coefficient (Wildman–Crippen LogP) is 4.71. The molecule has 2 aromatic carbocycles. The number of rotatable bonds is 4. The average molecular weight is 334 g/mol. The van der Waals surface area contributed by atoms with Gasteiger partial charge in [0.2, 0.25) is 5.95 Å². The van der Waals surface area contributed by atoms with E-state index < -0.39 is 11.4 Å². The predicted molar refractivity (Wildman–Crippen MR) is 96.6 cm³/mol. The molecule has 4 heteroatoms. The monoisotopic (exact) mass is 334 g/mol. The summed E-state index contributed by atoms with van der Waals surface area (Å²) in [6.07, 6.45) is 1.51. The highest BCUT2D eigenvalue weighted by Gasteiger charge is 2.41. The fourth-order valence-electron chi connectivity index (χ4n) is 3.44. The van der Waals surface area contributed by atoms with E-state index in [1.54, 1.807) is 6.92 Å². The Bertz CT molecular complexity index is 853. The first-order valence-electron chi connectivity index (χ1n) is 8.03. The third kappa shape index (κ3) is 2.80. The van der Waals surface area contributed by atoms with Crippen LogP contribution in [0.15, 0.2) is 78.1 Å². The number of pyridine rings is 1. The van der Waals surface area contributed by atoms with Crippen molar-refractivity contribution in [1.29, 1.82) is 0 Å². The molecule has 0 bridgehead atoms. The van der Waals surface area contributed by atoms with Gasteiger partial charge in [-0.3, -0.25) is 0 Å². The lowest BCUT2D eigenvalue weighted by molar-refractivity contribution is 0.315. The molecule has 0 aliphatic carbocycles. The molecule has 0 radical (unpaired) electrons. The van der Waals surface area contributed by atoms with Crippen LogP contribution in [-0.2, 0) is 5.41 Å². The second-order valence-electron chi connectivity index (χ2n) is 5.99.